The van der Waals surface area contributed by atoms with Gasteiger partial charge in [0.05, 0.1) is 12.0 Å². The molecule has 1 saturated carbocycles. The normalized spacial score (nSPS) is 30.0. The molecule has 0 aromatic carbocycles. The van der Waals surface area contributed by atoms with Crippen molar-refractivity contribution < 1.29 is 4.79 Å². The predicted octanol–water partition coefficient (Wildman–Crippen LogP) is 1.47. The molecule has 2 nitrogen and oxygen atoms in total. The molecular weight excluding hydrogens is 150 g/mol. The molecule has 1 rings (SSSR count). The molecule has 2 unspecified atom stereocenters. The maximum atomic E-state index is 10.2. The van der Waals surface area contributed by atoms with Gasteiger partial charge in [0.2, 0.25) is 5.24 Å². The van der Waals surface area contributed by atoms with Crippen molar-refractivity contribution in [2.45, 2.75) is 6.42 Å². The Bertz CT molecular complexity index is 216. The molecule has 10 heavy (non-hydrogen) atoms. The van der Waals surface area contributed by atoms with Crippen molar-refractivity contribution in [3.05, 3.63) is 12.2 Å². The quantitative estimate of drug-likeness (QED) is 0.448. The SMILES string of the molecule is N#CC1CC1C=CC(=O)Cl. The predicted molar refractivity (Wildman–Crippen MR) is 37.2 cm³/mol. The molecule has 0 aromatic heterocycles. The Balaban J connectivity index is 2.31. The molecule has 1 fully saturated rings. The van der Waals surface area contributed by atoms with Crippen molar-refractivity contribution in [2.24, 2.45) is 11.8 Å². The van der Waals surface area contributed by atoms with Crippen LogP contribution >= 0.6 is 11.6 Å². The van der Waals surface area contributed by atoms with Gasteiger partial charge in [-0.2, -0.15) is 5.26 Å². The summed E-state index contributed by atoms with van der Waals surface area (Å²) in [6, 6.07) is 2.11. The van der Waals surface area contributed by atoms with Crippen LogP contribution in [0.15, 0.2) is 12.2 Å². The third-order valence-electron chi connectivity index (χ3n) is 1.48. The van der Waals surface area contributed by atoms with Gasteiger partial charge < -0.3 is 0 Å². The van der Waals surface area contributed by atoms with Gasteiger partial charge in [-0.05, 0) is 30.0 Å². The Hall–Kier alpha value is -0.810. The number of nitrogens with zero attached hydrogens (tertiary/aromatic N) is 1. The first-order valence-corrected chi connectivity index (χ1v) is 3.39. The number of hydrogen-bond donors (Lipinski definition) is 0. The van der Waals surface area contributed by atoms with Gasteiger partial charge in [0.25, 0.3) is 0 Å². The monoisotopic (exact) mass is 155 g/mol. The molecule has 0 heterocycles. The van der Waals surface area contributed by atoms with Crippen molar-refractivity contribution in [3.8, 4) is 6.07 Å². The fraction of sp³-hybridized carbons (Fsp3) is 0.429. The summed E-state index contributed by atoms with van der Waals surface area (Å²) < 4.78 is 0. The Morgan fingerprint density at radius 1 is 1.80 bits per heavy atom. The molecule has 2 atom stereocenters. The number of hydrogen-bond acceptors (Lipinski definition) is 2. The number of nitriles is 1. The van der Waals surface area contributed by atoms with Gasteiger partial charge in [-0.3, -0.25) is 4.79 Å². The van der Waals surface area contributed by atoms with Gasteiger partial charge in [0, 0.05) is 0 Å². The molecule has 1 aliphatic rings. The summed E-state index contributed by atoms with van der Waals surface area (Å²) in [5.41, 5.74) is 0. The fourth-order valence-electron chi connectivity index (χ4n) is 0.775. The Morgan fingerprint density at radius 2 is 2.50 bits per heavy atom. The summed E-state index contributed by atoms with van der Waals surface area (Å²) in [5.74, 6) is 0.389. The topological polar surface area (TPSA) is 40.9 Å². The van der Waals surface area contributed by atoms with Gasteiger partial charge >= 0.3 is 0 Å². The van der Waals surface area contributed by atoms with E-state index >= 15 is 0 Å². The van der Waals surface area contributed by atoms with Crippen molar-refractivity contribution in [1.29, 1.82) is 5.26 Å². The van der Waals surface area contributed by atoms with E-state index in [0.29, 0.717) is 0 Å². The molecule has 0 bridgehead atoms. The van der Waals surface area contributed by atoms with E-state index < -0.39 is 5.24 Å². The van der Waals surface area contributed by atoms with Crippen LogP contribution in [-0.2, 0) is 4.79 Å². The first kappa shape index (κ1) is 7.30. The lowest BCUT2D eigenvalue weighted by molar-refractivity contribution is -0.107. The summed E-state index contributed by atoms with van der Waals surface area (Å²) in [6.45, 7) is 0. The zero-order valence-corrected chi connectivity index (χ0v) is 6.01. The number of halogens is 1. The maximum absolute atomic E-state index is 10.2. The zero-order valence-electron chi connectivity index (χ0n) is 5.25. The minimum Gasteiger partial charge on any atom is -0.276 e. The van der Waals surface area contributed by atoms with Crippen molar-refractivity contribution in [3.63, 3.8) is 0 Å². The van der Waals surface area contributed by atoms with Crippen molar-refractivity contribution in [2.75, 3.05) is 0 Å². The van der Waals surface area contributed by atoms with Gasteiger partial charge in [-0.1, -0.05) is 6.08 Å². The summed E-state index contributed by atoms with van der Waals surface area (Å²) >= 11 is 5.03. The van der Waals surface area contributed by atoms with Crippen LogP contribution < -0.4 is 0 Å². The number of carbonyl (C=O) groups is 1. The molecule has 0 spiro atoms. The molecule has 0 aromatic rings. The van der Waals surface area contributed by atoms with E-state index in [1.807, 2.05) is 0 Å². The maximum Gasteiger partial charge on any atom is 0.244 e. The molecule has 3 heteroatoms. The van der Waals surface area contributed by atoms with Gasteiger partial charge in [0.1, 0.15) is 0 Å². The van der Waals surface area contributed by atoms with Crippen LogP contribution in [0.2, 0.25) is 0 Å². The second-order valence-corrected chi connectivity index (χ2v) is 2.67. The molecule has 0 saturated heterocycles. The van der Waals surface area contributed by atoms with Crippen LogP contribution in [-0.4, -0.2) is 5.24 Å². The Morgan fingerprint density at radius 3 is 2.90 bits per heavy atom. The van der Waals surface area contributed by atoms with E-state index in [1.165, 1.54) is 6.08 Å². The average molecular weight is 156 g/mol. The van der Waals surface area contributed by atoms with Crippen molar-refractivity contribution in [1.82, 2.24) is 0 Å². The summed E-state index contributed by atoms with van der Waals surface area (Å²) in [5, 5.41) is 7.87. The van der Waals surface area contributed by atoms with Gasteiger partial charge in [-0.15, -0.1) is 0 Å². The van der Waals surface area contributed by atoms with Crippen LogP contribution in [0.4, 0.5) is 0 Å². The van der Waals surface area contributed by atoms with E-state index in [2.05, 4.69) is 6.07 Å². The van der Waals surface area contributed by atoms with E-state index in [-0.39, 0.29) is 11.8 Å². The highest BCUT2D eigenvalue weighted by Crippen LogP contribution is 2.38. The molecular formula is C7H6ClNO. The lowest BCUT2D eigenvalue weighted by atomic mass is 10.3. The van der Waals surface area contributed by atoms with Crippen LogP contribution in [0, 0.1) is 23.2 Å². The first-order valence-electron chi connectivity index (χ1n) is 3.01. The highest BCUT2D eigenvalue weighted by Gasteiger charge is 2.34. The Labute approximate surface area is 64.1 Å². The van der Waals surface area contributed by atoms with Gasteiger partial charge in [-0.25, -0.2) is 0 Å². The number of rotatable bonds is 2. The van der Waals surface area contributed by atoms with E-state index in [0.717, 1.165) is 6.42 Å². The fourth-order valence-corrected chi connectivity index (χ4v) is 0.848. The van der Waals surface area contributed by atoms with E-state index in [4.69, 9.17) is 16.9 Å². The van der Waals surface area contributed by atoms with Crippen molar-refractivity contribution >= 4 is 16.8 Å². The molecule has 0 amide bonds. The van der Waals surface area contributed by atoms with E-state index in [9.17, 15) is 4.79 Å². The highest BCUT2D eigenvalue weighted by molar-refractivity contribution is 6.66. The molecule has 0 N–H and O–H groups in total. The van der Waals surface area contributed by atoms with Crippen LogP contribution in [0.1, 0.15) is 6.42 Å². The third-order valence-corrected chi connectivity index (χ3v) is 1.61. The Kier molecular flexibility index (Phi) is 2.08. The van der Waals surface area contributed by atoms with Crippen LogP contribution in [0.3, 0.4) is 0 Å². The summed E-state index contributed by atoms with van der Waals surface area (Å²) in [4.78, 5) is 10.2. The number of allylic oxidation sites excluding steroid dienone is 2. The lowest BCUT2D eigenvalue weighted by Crippen LogP contribution is -1.77. The standard InChI is InChI=1S/C7H6ClNO/c8-7(10)2-1-5-3-6(5)4-9/h1-2,5-6H,3H2. The lowest BCUT2D eigenvalue weighted by Gasteiger charge is -1.77. The second kappa shape index (κ2) is 2.85. The van der Waals surface area contributed by atoms with Crippen LogP contribution in [0.5, 0.6) is 0 Å². The highest BCUT2D eigenvalue weighted by atomic mass is 35.5. The zero-order chi connectivity index (χ0) is 7.56. The smallest absolute Gasteiger partial charge is 0.244 e. The minimum atomic E-state index is -0.469. The summed E-state index contributed by atoms with van der Waals surface area (Å²) in [7, 11) is 0. The van der Waals surface area contributed by atoms with Gasteiger partial charge in [0.15, 0.2) is 0 Å². The third kappa shape index (κ3) is 1.85. The minimum absolute atomic E-state index is 0.118. The molecule has 1 aliphatic carbocycles. The largest absolute Gasteiger partial charge is 0.276 e. The second-order valence-electron chi connectivity index (χ2n) is 2.30. The average Bonchev–Trinajstić information content (AvgIpc) is 2.61. The molecule has 52 valence electrons. The van der Waals surface area contributed by atoms with Crippen LogP contribution in [0.25, 0.3) is 0 Å². The summed E-state index contributed by atoms with van der Waals surface area (Å²) in [6.07, 6.45) is 3.88. The molecule has 0 radical (unpaired) electrons. The first-order chi connectivity index (χ1) is 4.74. The molecule has 0 aliphatic heterocycles. The number of carbonyl (C=O) groups excluding carboxylic acids is 1. The van der Waals surface area contributed by atoms with E-state index in [1.54, 1.807) is 6.08 Å².